The zero-order chi connectivity index (χ0) is 13.3. The molecule has 7 heteroatoms. The molecule has 1 fully saturated rings. The van der Waals surface area contributed by atoms with E-state index in [9.17, 15) is 15.2 Å². The first-order valence-electron chi connectivity index (χ1n) is 5.47. The summed E-state index contributed by atoms with van der Waals surface area (Å²) in [5.74, 6) is 0.0420. The molecule has 1 saturated carbocycles. The topological polar surface area (TPSA) is 72.6 Å². The smallest absolute Gasteiger partial charge is 0.312 e. The summed E-state index contributed by atoms with van der Waals surface area (Å²) in [4.78, 5) is 10.3. The van der Waals surface area contributed by atoms with Gasteiger partial charge in [0.2, 0.25) is 0 Å². The van der Waals surface area contributed by atoms with E-state index in [0.29, 0.717) is 12.8 Å². The molecule has 0 aliphatic heterocycles. The number of ether oxygens (including phenoxy) is 1. The van der Waals surface area contributed by atoms with E-state index >= 15 is 0 Å². The van der Waals surface area contributed by atoms with Crippen molar-refractivity contribution in [3.05, 3.63) is 32.3 Å². The van der Waals surface area contributed by atoms with E-state index in [4.69, 9.17) is 27.9 Å². The molecule has 5 nitrogen and oxygen atoms in total. The molecule has 1 aromatic rings. The van der Waals surface area contributed by atoms with Crippen molar-refractivity contribution in [3.63, 3.8) is 0 Å². The second-order valence-electron chi connectivity index (χ2n) is 4.15. The Kier molecular flexibility index (Phi) is 3.94. The molecule has 18 heavy (non-hydrogen) atoms. The Morgan fingerprint density at radius 2 is 2.00 bits per heavy atom. The SMILES string of the molecule is O=[N+]([O-])c1cc(Cl)c(Cl)cc1O[C@@H]1CCC[C@H]1O. The summed E-state index contributed by atoms with van der Waals surface area (Å²) in [7, 11) is 0. The van der Waals surface area contributed by atoms with Crippen LogP contribution in [0.1, 0.15) is 19.3 Å². The molecule has 98 valence electrons. The molecule has 0 aromatic heterocycles. The maximum Gasteiger partial charge on any atom is 0.312 e. The van der Waals surface area contributed by atoms with E-state index < -0.39 is 17.1 Å². The fourth-order valence-electron chi connectivity index (χ4n) is 1.96. The van der Waals surface area contributed by atoms with Crippen molar-refractivity contribution in [2.75, 3.05) is 0 Å². The summed E-state index contributed by atoms with van der Waals surface area (Å²) in [6.07, 6.45) is 1.11. The Labute approximate surface area is 113 Å². The lowest BCUT2D eigenvalue weighted by atomic mass is 10.2. The normalized spacial score (nSPS) is 23.1. The highest BCUT2D eigenvalue weighted by Gasteiger charge is 2.29. The quantitative estimate of drug-likeness (QED) is 0.686. The maximum atomic E-state index is 10.9. The number of nitro benzene ring substituents is 1. The number of nitro groups is 1. The first kappa shape index (κ1) is 13.4. The number of hydrogen-bond donors (Lipinski definition) is 1. The Hall–Kier alpha value is -1.04. The number of hydrogen-bond acceptors (Lipinski definition) is 4. The largest absolute Gasteiger partial charge is 0.481 e. The highest BCUT2D eigenvalue weighted by atomic mass is 35.5. The standard InChI is InChI=1S/C11H11Cl2NO4/c12-6-4-8(14(16)17)11(5-7(6)13)18-10-3-1-2-9(10)15/h4-5,9-10,15H,1-3H2/t9-,10-/m1/s1. The number of aliphatic hydroxyl groups excluding tert-OH is 1. The van der Waals surface area contributed by atoms with Crippen LogP contribution in [0.4, 0.5) is 5.69 Å². The van der Waals surface area contributed by atoms with Crippen LogP contribution in [0.2, 0.25) is 10.0 Å². The van der Waals surface area contributed by atoms with E-state index in [-0.39, 0.29) is 21.5 Å². The lowest BCUT2D eigenvalue weighted by molar-refractivity contribution is -0.386. The third kappa shape index (κ3) is 2.68. The van der Waals surface area contributed by atoms with Gasteiger partial charge in [-0.15, -0.1) is 0 Å². The maximum absolute atomic E-state index is 10.9. The molecule has 0 amide bonds. The average Bonchev–Trinajstić information content (AvgIpc) is 2.69. The summed E-state index contributed by atoms with van der Waals surface area (Å²) < 4.78 is 5.48. The van der Waals surface area contributed by atoms with Gasteiger partial charge in [0.05, 0.1) is 21.1 Å². The molecule has 2 atom stereocenters. The van der Waals surface area contributed by atoms with Crippen LogP contribution >= 0.6 is 23.2 Å². The Morgan fingerprint density at radius 3 is 2.56 bits per heavy atom. The van der Waals surface area contributed by atoms with Gasteiger partial charge in [-0.1, -0.05) is 23.2 Å². The van der Waals surface area contributed by atoms with Gasteiger partial charge < -0.3 is 9.84 Å². The van der Waals surface area contributed by atoms with E-state index in [1.165, 1.54) is 6.07 Å². The van der Waals surface area contributed by atoms with E-state index in [2.05, 4.69) is 0 Å². The summed E-state index contributed by atoms with van der Waals surface area (Å²) in [6, 6.07) is 2.47. The Bertz CT molecular complexity index is 480. The van der Waals surface area contributed by atoms with Crippen LogP contribution in [0.15, 0.2) is 12.1 Å². The van der Waals surface area contributed by atoms with Crippen LogP contribution in [0.3, 0.4) is 0 Å². The van der Waals surface area contributed by atoms with Gasteiger partial charge in [-0.05, 0) is 19.3 Å². The fraction of sp³-hybridized carbons (Fsp3) is 0.455. The minimum atomic E-state index is -0.598. The van der Waals surface area contributed by atoms with Crippen molar-refractivity contribution < 1.29 is 14.8 Å². The van der Waals surface area contributed by atoms with Crippen LogP contribution in [-0.2, 0) is 0 Å². The third-order valence-electron chi connectivity index (χ3n) is 2.89. The number of aliphatic hydroxyl groups is 1. The molecule has 0 radical (unpaired) electrons. The molecule has 0 bridgehead atoms. The van der Waals surface area contributed by atoms with Gasteiger partial charge in [-0.3, -0.25) is 10.1 Å². The summed E-state index contributed by atoms with van der Waals surface area (Å²) in [5.41, 5.74) is -0.247. The lowest BCUT2D eigenvalue weighted by Crippen LogP contribution is -2.25. The first-order valence-corrected chi connectivity index (χ1v) is 6.23. The van der Waals surface area contributed by atoms with E-state index in [1.807, 2.05) is 0 Å². The molecule has 1 aromatic carbocycles. The predicted octanol–water partition coefficient (Wildman–Crippen LogP) is 3.19. The van der Waals surface area contributed by atoms with Crippen molar-refractivity contribution in [2.24, 2.45) is 0 Å². The fourth-order valence-corrected chi connectivity index (χ4v) is 2.27. The van der Waals surface area contributed by atoms with Crippen molar-refractivity contribution in [2.45, 2.75) is 31.5 Å². The number of benzene rings is 1. The van der Waals surface area contributed by atoms with Crippen LogP contribution in [-0.4, -0.2) is 22.2 Å². The molecular weight excluding hydrogens is 281 g/mol. The van der Waals surface area contributed by atoms with Gasteiger partial charge in [-0.2, -0.15) is 0 Å². The van der Waals surface area contributed by atoms with Gasteiger partial charge in [0, 0.05) is 12.1 Å². The van der Waals surface area contributed by atoms with Gasteiger partial charge in [0.1, 0.15) is 6.10 Å². The van der Waals surface area contributed by atoms with Gasteiger partial charge >= 0.3 is 5.69 Å². The zero-order valence-electron chi connectivity index (χ0n) is 9.31. The zero-order valence-corrected chi connectivity index (χ0v) is 10.8. The molecule has 1 N–H and O–H groups in total. The van der Waals surface area contributed by atoms with Gasteiger partial charge in [-0.25, -0.2) is 0 Å². The van der Waals surface area contributed by atoms with Gasteiger partial charge in [0.15, 0.2) is 5.75 Å². The number of nitrogens with zero attached hydrogens (tertiary/aromatic N) is 1. The van der Waals surface area contributed by atoms with Crippen LogP contribution in [0.5, 0.6) is 5.75 Å². The molecule has 2 rings (SSSR count). The van der Waals surface area contributed by atoms with Crippen LogP contribution in [0.25, 0.3) is 0 Å². The van der Waals surface area contributed by atoms with Crippen LogP contribution < -0.4 is 4.74 Å². The highest BCUT2D eigenvalue weighted by Crippen LogP contribution is 2.37. The van der Waals surface area contributed by atoms with E-state index in [1.54, 1.807) is 0 Å². The van der Waals surface area contributed by atoms with E-state index in [0.717, 1.165) is 12.5 Å². The van der Waals surface area contributed by atoms with Gasteiger partial charge in [0.25, 0.3) is 0 Å². The highest BCUT2D eigenvalue weighted by molar-refractivity contribution is 6.42. The minimum absolute atomic E-state index is 0.0420. The van der Waals surface area contributed by atoms with Crippen molar-refractivity contribution in [1.82, 2.24) is 0 Å². The molecule has 0 saturated heterocycles. The second-order valence-corrected chi connectivity index (χ2v) is 4.96. The van der Waals surface area contributed by atoms with Crippen molar-refractivity contribution >= 4 is 28.9 Å². The number of rotatable bonds is 3. The first-order chi connectivity index (χ1) is 8.49. The Balaban J connectivity index is 2.30. The summed E-state index contributed by atoms with van der Waals surface area (Å²) >= 11 is 11.5. The second kappa shape index (κ2) is 5.30. The molecule has 0 unspecified atom stereocenters. The monoisotopic (exact) mass is 291 g/mol. The van der Waals surface area contributed by atoms with Crippen molar-refractivity contribution in [3.8, 4) is 5.75 Å². The molecule has 0 heterocycles. The predicted molar refractivity (Wildman–Crippen MR) is 67.4 cm³/mol. The molecule has 1 aliphatic rings. The average molecular weight is 292 g/mol. The minimum Gasteiger partial charge on any atom is -0.481 e. The summed E-state index contributed by atoms with van der Waals surface area (Å²) in [5, 5.41) is 20.8. The third-order valence-corrected chi connectivity index (χ3v) is 3.62. The number of halogens is 2. The Morgan fingerprint density at radius 1 is 1.33 bits per heavy atom. The molecular formula is C11H11Cl2NO4. The lowest BCUT2D eigenvalue weighted by Gasteiger charge is -2.17. The molecule has 0 spiro atoms. The summed E-state index contributed by atoms with van der Waals surface area (Å²) in [6.45, 7) is 0. The van der Waals surface area contributed by atoms with Crippen molar-refractivity contribution in [1.29, 1.82) is 0 Å². The molecule has 1 aliphatic carbocycles. The van der Waals surface area contributed by atoms with Crippen LogP contribution in [0, 0.1) is 10.1 Å².